The molecule has 34 heavy (non-hydrogen) atoms. The van der Waals surface area contributed by atoms with Gasteiger partial charge in [-0.2, -0.15) is 0 Å². The number of nitrogens with one attached hydrogen (secondary N) is 1. The summed E-state index contributed by atoms with van der Waals surface area (Å²) in [5.74, 6) is 0.532. The Labute approximate surface area is 225 Å². The van der Waals surface area contributed by atoms with E-state index in [4.69, 9.17) is 0 Å². The minimum Gasteiger partial charge on any atom is -0.147 e. The molecule has 179 valence electrons. The predicted octanol–water partition coefficient (Wildman–Crippen LogP) is 6.89. The van der Waals surface area contributed by atoms with Crippen LogP contribution in [-0.4, -0.2) is 6.66 Å². The molecular weight excluding hydrogens is 509 g/mol. The van der Waals surface area contributed by atoms with Gasteiger partial charge in [0, 0.05) is 0 Å². The minimum atomic E-state index is -1.98. The molecule has 0 bridgehead atoms. The summed E-state index contributed by atoms with van der Waals surface area (Å²) in [5.41, 5.74) is 8.69. The van der Waals surface area contributed by atoms with Crippen LogP contribution in [-0.2, 0) is 17.4 Å². The van der Waals surface area contributed by atoms with Crippen LogP contribution in [0.25, 0.3) is 0 Å². The number of para-hydroxylation sites is 1. The molecule has 1 atom stereocenters. The third-order valence-corrected chi connectivity index (χ3v) is 20.6. The van der Waals surface area contributed by atoms with Crippen molar-refractivity contribution in [3.8, 4) is 0 Å². The maximum Gasteiger partial charge on any atom is -0.147 e. The van der Waals surface area contributed by atoms with Gasteiger partial charge in [0.25, 0.3) is 0 Å². The fourth-order valence-corrected chi connectivity index (χ4v) is 20.6. The SMILES string of the molecule is CC1=C(C)C(C)[C]([Ti]([NH]c2c(C)cccc2C)[SiH](c2ccccc2)c2ccccc2)=C1C.Cl.Cl. The molecule has 1 unspecified atom stereocenters. The number of aryl methyl sites for hydroxylation is 2. The first-order valence-electron chi connectivity index (χ1n) is 11.6. The van der Waals surface area contributed by atoms with E-state index < -0.39 is 24.0 Å². The van der Waals surface area contributed by atoms with E-state index in [0.29, 0.717) is 5.92 Å². The molecule has 0 radical (unpaired) electrons. The Kier molecular flexibility index (Phi) is 10.5. The molecule has 0 fully saturated rings. The van der Waals surface area contributed by atoms with Gasteiger partial charge in [0.15, 0.2) is 0 Å². The van der Waals surface area contributed by atoms with E-state index in [0.717, 1.165) is 0 Å². The maximum absolute atomic E-state index is 4.30. The number of hydrogen-bond acceptors (Lipinski definition) is 1. The number of halogens is 2. The number of anilines is 1. The Balaban J connectivity index is 0.00000204. The summed E-state index contributed by atoms with van der Waals surface area (Å²) in [5, 5.41) is 3.12. The summed E-state index contributed by atoms with van der Waals surface area (Å²) < 4.78 is 6.04. The summed E-state index contributed by atoms with van der Waals surface area (Å²) in [7, 11) is 0. The zero-order chi connectivity index (χ0) is 22.8. The minimum absolute atomic E-state index is 0. The van der Waals surface area contributed by atoms with Gasteiger partial charge in [-0.25, -0.2) is 0 Å². The standard InChI is InChI=1S/C12H11Si.C9H13.C8H10N.2ClH.Ti/c1-3-7-11(8-4-1)13-12-9-5-2-6-10-12;1-6-5-7(2)9(4)8(6)3;1-6-4-3-5-7(2)8(6)9;;;/h1-10,13H;6H,1-4H3;3-5,9H,1-2H3;2*1H;/q;;-1;;;+1. The third-order valence-electron chi connectivity index (χ3n) is 7.23. The van der Waals surface area contributed by atoms with Crippen LogP contribution in [0.2, 0.25) is 0 Å². The van der Waals surface area contributed by atoms with Gasteiger partial charge in [0.1, 0.15) is 0 Å². The van der Waals surface area contributed by atoms with Gasteiger partial charge in [-0.15, -0.1) is 24.8 Å². The average Bonchev–Trinajstić information content (AvgIpc) is 2.99. The smallest absolute Gasteiger partial charge is 0.147 e. The van der Waals surface area contributed by atoms with Crippen molar-refractivity contribution in [3.63, 3.8) is 0 Å². The van der Waals surface area contributed by atoms with Crippen molar-refractivity contribution in [3.05, 3.63) is 111 Å². The van der Waals surface area contributed by atoms with Gasteiger partial charge in [-0.1, -0.05) is 0 Å². The molecule has 1 aliphatic carbocycles. The Morgan fingerprint density at radius 1 is 0.647 bits per heavy atom. The Hall–Kier alpha value is -1.55. The van der Waals surface area contributed by atoms with Crippen LogP contribution in [0.5, 0.6) is 0 Å². The topological polar surface area (TPSA) is 12.0 Å². The molecule has 1 nitrogen and oxygen atoms in total. The first-order valence-corrected chi connectivity index (χ1v) is 17.6. The zero-order valence-corrected chi connectivity index (χ0v) is 25.3. The summed E-state index contributed by atoms with van der Waals surface area (Å²) in [6.45, 7) is 12.5. The second kappa shape index (κ2) is 12.4. The van der Waals surface area contributed by atoms with Crippen LogP contribution >= 0.6 is 24.8 Å². The molecular formula is C29H36Cl2NSiTi. The normalized spacial score (nSPS) is 15.2. The Morgan fingerprint density at radius 3 is 1.53 bits per heavy atom. The fraction of sp³-hybridized carbons (Fsp3) is 0.241. The molecule has 5 heteroatoms. The molecule has 0 saturated heterocycles. The van der Waals surface area contributed by atoms with Crippen molar-refractivity contribution in [2.45, 2.75) is 41.5 Å². The van der Waals surface area contributed by atoms with Crippen LogP contribution in [0.4, 0.5) is 5.69 Å². The van der Waals surface area contributed by atoms with Gasteiger partial charge in [0.05, 0.1) is 0 Å². The van der Waals surface area contributed by atoms with Crippen LogP contribution in [0, 0.1) is 19.8 Å². The van der Waals surface area contributed by atoms with Crippen molar-refractivity contribution >= 4 is 47.5 Å². The van der Waals surface area contributed by atoms with E-state index in [1.165, 1.54) is 22.4 Å². The monoisotopic (exact) mass is 544 g/mol. The fourth-order valence-electron chi connectivity index (χ4n) is 5.06. The zero-order valence-electron chi connectivity index (χ0n) is 21.0. The summed E-state index contributed by atoms with van der Waals surface area (Å²) >= 11 is -1.98. The molecule has 0 saturated carbocycles. The molecule has 0 aromatic heterocycles. The third kappa shape index (κ3) is 5.64. The van der Waals surface area contributed by atoms with Crippen LogP contribution in [0.15, 0.2) is 99.5 Å². The van der Waals surface area contributed by atoms with E-state index in [2.05, 4.69) is 124 Å². The molecule has 4 rings (SSSR count). The second-order valence-corrected chi connectivity index (χ2v) is 18.9. The van der Waals surface area contributed by atoms with E-state index in [9.17, 15) is 0 Å². The summed E-state index contributed by atoms with van der Waals surface area (Å²) in [6.07, 6.45) is 0. The number of hydrogen-bond donors (Lipinski definition) is 1. The largest absolute Gasteiger partial charge is 0.147 e. The van der Waals surface area contributed by atoms with Crippen molar-refractivity contribution in [1.29, 1.82) is 0 Å². The Bertz CT molecular complexity index is 1120. The average molecular weight is 545 g/mol. The summed E-state index contributed by atoms with van der Waals surface area (Å²) in [6, 6.07) is 29.4. The van der Waals surface area contributed by atoms with E-state index in [-0.39, 0.29) is 24.8 Å². The van der Waals surface area contributed by atoms with Crippen molar-refractivity contribution in [2.24, 2.45) is 5.92 Å². The Morgan fingerprint density at radius 2 is 1.12 bits per heavy atom. The molecule has 1 N–H and O–H groups in total. The summed E-state index contributed by atoms with van der Waals surface area (Å²) in [4.78, 5) is 0. The van der Waals surface area contributed by atoms with Crippen molar-refractivity contribution < 1.29 is 17.4 Å². The molecule has 1 aliphatic rings. The van der Waals surface area contributed by atoms with Crippen LogP contribution in [0.1, 0.15) is 38.8 Å². The quantitative estimate of drug-likeness (QED) is 0.333. The van der Waals surface area contributed by atoms with Gasteiger partial charge in [0.2, 0.25) is 0 Å². The molecule has 3 aromatic carbocycles. The van der Waals surface area contributed by atoms with Gasteiger partial charge < -0.3 is 0 Å². The van der Waals surface area contributed by atoms with Crippen molar-refractivity contribution in [1.82, 2.24) is 0 Å². The molecule has 3 aromatic rings. The van der Waals surface area contributed by atoms with Crippen LogP contribution in [0.3, 0.4) is 0 Å². The van der Waals surface area contributed by atoms with Gasteiger partial charge in [-0.05, 0) is 0 Å². The molecule has 0 heterocycles. The molecule has 0 spiro atoms. The van der Waals surface area contributed by atoms with Crippen LogP contribution < -0.4 is 14.2 Å². The first kappa shape index (κ1) is 28.7. The number of allylic oxidation sites excluding steroid dienone is 4. The maximum atomic E-state index is 4.30. The van der Waals surface area contributed by atoms with Gasteiger partial charge in [-0.3, -0.25) is 0 Å². The van der Waals surface area contributed by atoms with E-state index >= 15 is 0 Å². The number of benzene rings is 3. The predicted molar refractivity (Wildman–Crippen MR) is 154 cm³/mol. The second-order valence-electron chi connectivity index (χ2n) is 9.13. The molecule has 0 aliphatic heterocycles. The van der Waals surface area contributed by atoms with E-state index in [1.807, 2.05) is 0 Å². The van der Waals surface area contributed by atoms with E-state index in [1.54, 1.807) is 25.4 Å². The molecule has 0 amide bonds. The first-order chi connectivity index (χ1) is 15.4. The van der Waals surface area contributed by atoms with Crippen molar-refractivity contribution in [2.75, 3.05) is 3.80 Å². The number of rotatable bonds is 6. The van der Waals surface area contributed by atoms with Gasteiger partial charge >= 0.3 is 202 Å².